The largest absolute Gasteiger partial charge is 0.464 e. The van der Waals surface area contributed by atoms with Gasteiger partial charge in [0.25, 0.3) is 0 Å². The summed E-state index contributed by atoms with van der Waals surface area (Å²) in [5.74, 6) is -0.0355. The fraction of sp³-hybridized carbons (Fsp3) is 0.286. The van der Waals surface area contributed by atoms with Crippen molar-refractivity contribution in [3.8, 4) is 0 Å². The fourth-order valence-electron chi connectivity index (χ4n) is 4.60. The van der Waals surface area contributed by atoms with Gasteiger partial charge < -0.3 is 14.6 Å². The van der Waals surface area contributed by atoms with E-state index < -0.39 is 0 Å². The van der Waals surface area contributed by atoms with Crippen LogP contribution >= 0.6 is 0 Å². The van der Waals surface area contributed by atoms with Crippen molar-refractivity contribution in [2.75, 3.05) is 42.9 Å². The molecule has 1 amide bonds. The summed E-state index contributed by atoms with van der Waals surface area (Å²) in [6, 6.07) is 18.3. The third-order valence-electron chi connectivity index (χ3n) is 6.52. The number of fused-ring (bicyclic) bond motifs is 1. The maximum Gasteiger partial charge on any atom is 0.228 e. The number of hydrogen-bond donors (Lipinski definition) is 1. The standard InChI is InChI=1S/C28H30N4O2/c1-21-6-7-24-23(20-34-27(24)18-21)19-28(33)30-25-4-2-3-5-26(25)32-16-14-31(15-17-32)13-10-22-8-11-29-12-9-22/h2-9,11-12,18,20H,10,13-17,19H2,1H3,(H,30,33). The van der Waals surface area contributed by atoms with Gasteiger partial charge in [-0.2, -0.15) is 0 Å². The molecule has 6 heteroatoms. The third-order valence-corrected chi connectivity index (χ3v) is 6.52. The van der Waals surface area contributed by atoms with Crippen LogP contribution in [0.5, 0.6) is 0 Å². The highest BCUT2D eigenvalue weighted by molar-refractivity contribution is 5.97. The number of carbonyl (C=O) groups excluding carboxylic acids is 1. The molecule has 1 aliphatic heterocycles. The molecule has 0 atom stereocenters. The van der Waals surface area contributed by atoms with Crippen LogP contribution in [0.25, 0.3) is 11.0 Å². The van der Waals surface area contributed by atoms with Gasteiger partial charge in [0, 0.05) is 56.1 Å². The number of aromatic nitrogens is 1. The molecule has 6 nitrogen and oxygen atoms in total. The Bertz CT molecular complexity index is 1260. The van der Waals surface area contributed by atoms with Crippen LogP contribution in [0.3, 0.4) is 0 Å². The quantitative estimate of drug-likeness (QED) is 0.439. The van der Waals surface area contributed by atoms with Crippen molar-refractivity contribution in [3.63, 3.8) is 0 Å². The van der Waals surface area contributed by atoms with Crippen molar-refractivity contribution < 1.29 is 9.21 Å². The number of para-hydroxylation sites is 2. The number of nitrogens with one attached hydrogen (secondary N) is 1. The predicted molar refractivity (Wildman–Crippen MR) is 136 cm³/mol. The van der Waals surface area contributed by atoms with Gasteiger partial charge in [0.15, 0.2) is 0 Å². The van der Waals surface area contributed by atoms with Gasteiger partial charge in [-0.3, -0.25) is 14.7 Å². The van der Waals surface area contributed by atoms with Gasteiger partial charge in [-0.15, -0.1) is 0 Å². The van der Waals surface area contributed by atoms with E-state index in [1.165, 1.54) is 5.56 Å². The average Bonchev–Trinajstić information content (AvgIpc) is 3.25. The number of aryl methyl sites for hydroxylation is 1. The van der Waals surface area contributed by atoms with Crippen molar-refractivity contribution in [2.45, 2.75) is 19.8 Å². The SMILES string of the molecule is Cc1ccc2c(CC(=O)Nc3ccccc3N3CCN(CCc4ccncc4)CC3)coc2c1. The van der Waals surface area contributed by atoms with Crippen LogP contribution in [0, 0.1) is 6.92 Å². The van der Waals surface area contributed by atoms with Gasteiger partial charge in [-0.25, -0.2) is 0 Å². The summed E-state index contributed by atoms with van der Waals surface area (Å²) in [5.41, 5.74) is 6.15. The molecule has 174 valence electrons. The summed E-state index contributed by atoms with van der Waals surface area (Å²) >= 11 is 0. The average molecular weight is 455 g/mol. The summed E-state index contributed by atoms with van der Waals surface area (Å²) in [6.07, 6.45) is 6.73. The van der Waals surface area contributed by atoms with Crippen LogP contribution in [0.1, 0.15) is 16.7 Å². The number of nitrogens with zero attached hydrogens (tertiary/aromatic N) is 3. The monoisotopic (exact) mass is 454 g/mol. The van der Waals surface area contributed by atoms with E-state index in [0.717, 1.165) is 72.6 Å². The number of anilines is 2. The van der Waals surface area contributed by atoms with Crippen LogP contribution < -0.4 is 10.2 Å². The van der Waals surface area contributed by atoms with Crippen molar-refractivity contribution >= 4 is 28.3 Å². The number of benzene rings is 2. The molecule has 4 aromatic rings. The second-order valence-corrected chi connectivity index (χ2v) is 8.94. The Hall–Kier alpha value is -3.64. The first-order valence-electron chi connectivity index (χ1n) is 11.9. The van der Waals surface area contributed by atoms with E-state index in [1.807, 2.05) is 55.7 Å². The lowest BCUT2D eigenvalue weighted by molar-refractivity contribution is -0.115. The highest BCUT2D eigenvalue weighted by Gasteiger charge is 2.20. The Kier molecular flexibility index (Phi) is 6.58. The molecule has 0 bridgehead atoms. The smallest absolute Gasteiger partial charge is 0.228 e. The van der Waals surface area contributed by atoms with Gasteiger partial charge >= 0.3 is 0 Å². The molecule has 0 spiro atoms. The van der Waals surface area contributed by atoms with E-state index in [1.54, 1.807) is 6.26 Å². The molecule has 1 N–H and O–H groups in total. The minimum atomic E-state index is -0.0355. The lowest BCUT2D eigenvalue weighted by atomic mass is 10.1. The first kappa shape index (κ1) is 22.2. The molecule has 0 unspecified atom stereocenters. The van der Waals surface area contributed by atoms with Crippen LogP contribution in [0.2, 0.25) is 0 Å². The molecule has 1 aliphatic rings. The molecule has 3 heterocycles. The van der Waals surface area contributed by atoms with Crippen molar-refractivity contribution in [3.05, 3.63) is 89.9 Å². The summed E-state index contributed by atoms with van der Waals surface area (Å²) in [7, 11) is 0. The Morgan fingerprint density at radius 3 is 2.65 bits per heavy atom. The third kappa shape index (κ3) is 5.13. The van der Waals surface area contributed by atoms with Crippen LogP contribution in [0.15, 0.2) is 77.7 Å². The van der Waals surface area contributed by atoms with Gasteiger partial charge in [0.05, 0.1) is 24.1 Å². The van der Waals surface area contributed by atoms with Crippen molar-refractivity contribution in [1.82, 2.24) is 9.88 Å². The van der Waals surface area contributed by atoms with Gasteiger partial charge in [0.1, 0.15) is 5.58 Å². The van der Waals surface area contributed by atoms with E-state index in [9.17, 15) is 4.79 Å². The highest BCUT2D eigenvalue weighted by Crippen LogP contribution is 2.28. The van der Waals surface area contributed by atoms with Crippen LogP contribution in [-0.2, 0) is 17.6 Å². The second kappa shape index (κ2) is 10.1. The van der Waals surface area contributed by atoms with E-state index in [-0.39, 0.29) is 12.3 Å². The zero-order valence-electron chi connectivity index (χ0n) is 19.5. The molecule has 34 heavy (non-hydrogen) atoms. The van der Waals surface area contributed by atoms with E-state index in [0.29, 0.717) is 0 Å². The van der Waals surface area contributed by atoms with Crippen LogP contribution in [-0.4, -0.2) is 48.5 Å². The molecule has 1 saturated heterocycles. The van der Waals surface area contributed by atoms with Gasteiger partial charge in [0.2, 0.25) is 5.91 Å². The maximum absolute atomic E-state index is 12.9. The number of piperazine rings is 1. The van der Waals surface area contributed by atoms with Gasteiger partial charge in [-0.05, 0) is 54.8 Å². The number of carbonyl (C=O) groups is 1. The van der Waals surface area contributed by atoms with Crippen molar-refractivity contribution in [1.29, 1.82) is 0 Å². The number of furan rings is 1. The Morgan fingerprint density at radius 2 is 1.82 bits per heavy atom. The maximum atomic E-state index is 12.9. The van der Waals surface area contributed by atoms with E-state index in [2.05, 4.69) is 38.3 Å². The Balaban J connectivity index is 1.19. The first-order valence-corrected chi connectivity index (χ1v) is 11.9. The van der Waals surface area contributed by atoms with Gasteiger partial charge in [-0.1, -0.05) is 24.3 Å². The molecular formula is C28H30N4O2. The van der Waals surface area contributed by atoms with Crippen LogP contribution in [0.4, 0.5) is 11.4 Å². The summed E-state index contributed by atoms with van der Waals surface area (Å²) in [4.78, 5) is 21.9. The first-order chi connectivity index (χ1) is 16.7. The Labute approximate surface area is 200 Å². The number of rotatable bonds is 7. The second-order valence-electron chi connectivity index (χ2n) is 8.94. The molecule has 2 aromatic heterocycles. The molecular weight excluding hydrogens is 424 g/mol. The van der Waals surface area contributed by atoms with E-state index in [4.69, 9.17) is 4.42 Å². The highest BCUT2D eigenvalue weighted by atomic mass is 16.3. The predicted octanol–water partition coefficient (Wildman–Crippen LogP) is 4.68. The number of hydrogen-bond acceptors (Lipinski definition) is 5. The Morgan fingerprint density at radius 1 is 1.03 bits per heavy atom. The lowest BCUT2D eigenvalue weighted by Crippen LogP contribution is -2.47. The molecule has 2 aromatic carbocycles. The summed E-state index contributed by atoms with van der Waals surface area (Å²) < 4.78 is 5.66. The molecule has 0 saturated carbocycles. The lowest BCUT2D eigenvalue weighted by Gasteiger charge is -2.37. The zero-order chi connectivity index (χ0) is 23.3. The topological polar surface area (TPSA) is 61.6 Å². The molecule has 0 aliphatic carbocycles. The van der Waals surface area contributed by atoms with E-state index >= 15 is 0 Å². The minimum absolute atomic E-state index is 0.0355. The fourth-order valence-corrected chi connectivity index (χ4v) is 4.60. The minimum Gasteiger partial charge on any atom is -0.464 e. The normalized spacial score (nSPS) is 14.4. The molecule has 1 fully saturated rings. The molecule has 0 radical (unpaired) electrons. The zero-order valence-corrected chi connectivity index (χ0v) is 19.5. The number of pyridine rings is 1. The molecule has 5 rings (SSSR count). The number of amides is 1. The summed E-state index contributed by atoms with van der Waals surface area (Å²) in [6.45, 7) is 6.98. The summed E-state index contributed by atoms with van der Waals surface area (Å²) in [5, 5.41) is 4.14. The van der Waals surface area contributed by atoms with Crippen molar-refractivity contribution in [2.24, 2.45) is 0 Å².